The second kappa shape index (κ2) is 7.68. The Labute approximate surface area is 155 Å². The molecule has 0 saturated carbocycles. The fourth-order valence-corrected chi connectivity index (χ4v) is 3.58. The summed E-state index contributed by atoms with van der Waals surface area (Å²) < 4.78 is 38.7. The first-order valence-electron chi connectivity index (χ1n) is 8.83. The largest absolute Gasteiger partial charge is 0.481 e. The Balaban J connectivity index is 1.99. The highest BCUT2D eigenvalue weighted by atomic mass is 19.4. The molecular formula is C20H21F3N2O2. The molecule has 2 unspecified atom stereocenters. The number of hydrogen-bond acceptors (Lipinski definition) is 3. The van der Waals surface area contributed by atoms with Crippen LogP contribution in [0.2, 0.25) is 0 Å². The van der Waals surface area contributed by atoms with Crippen molar-refractivity contribution in [2.75, 3.05) is 13.1 Å². The van der Waals surface area contributed by atoms with Crippen LogP contribution in [-0.4, -0.2) is 34.0 Å². The fraction of sp³-hybridized carbons (Fsp3) is 0.400. The van der Waals surface area contributed by atoms with Crippen molar-refractivity contribution in [2.24, 2.45) is 5.92 Å². The molecule has 1 saturated heterocycles. The molecule has 1 fully saturated rings. The zero-order valence-corrected chi connectivity index (χ0v) is 14.9. The lowest BCUT2D eigenvalue weighted by Crippen LogP contribution is -2.41. The molecule has 3 rings (SSSR count). The smallest absolute Gasteiger partial charge is 0.416 e. The summed E-state index contributed by atoms with van der Waals surface area (Å²) in [4.78, 5) is 18.0. The van der Waals surface area contributed by atoms with Gasteiger partial charge in [0, 0.05) is 12.2 Å². The van der Waals surface area contributed by atoms with Crippen LogP contribution in [0, 0.1) is 12.8 Å². The summed E-state index contributed by atoms with van der Waals surface area (Å²) >= 11 is 0. The van der Waals surface area contributed by atoms with Gasteiger partial charge in [-0.3, -0.25) is 14.7 Å². The third-order valence-corrected chi connectivity index (χ3v) is 4.91. The lowest BCUT2D eigenvalue weighted by atomic mass is 9.93. The van der Waals surface area contributed by atoms with Crippen LogP contribution >= 0.6 is 0 Å². The van der Waals surface area contributed by atoms with Gasteiger partial charge < -0.3 is 5.11 Å². The number of hydrogen-bond donors (Lipinski definition) is 1. The summed E-state index contributed by atoms with van der Waals surface area (Å²) in [6.07, 6.45) is -3.07. The van der Waals surface area contributed by atoms with Gasteiger partial charge in [-0.1, -0.05) is 18.2 Å². The maximum Gasteiger partial charge on any atom is 0.416 e. The number of carboxylic acids is 1. The molecule has 1 N–H and O–H groups in total. The summed E-state index contributed by atoms with van der Waals surface area (Å²) in [6, 6.07) is 10.2. The molecule has 1 aliphatic heterocycles. The van der Waals surface area contributed by atoms with E-state index in [-0.39, 0.29) is 6.04 Å². The molecule has 2 atom stereocenters. The van der Waals surface area contributed by atoms with Gasteiger partial charge >= 0.3 is 12.1 Å². The number of benzene rings is 1. The van der Waals surface area contributed by atoms with Crippen molar-refractivity contribution >= 4 is 5.97 Å². The van der Waals surface area contributed by atoms with Crippen molar-refractivity contribution < 1.29 is 23.1 Å². The first-order chi connectivity index (χ1) is 12.8. The van der Waals surface area contributed by atoms with E-state index in [9.17, 15) is 23.1 Å². The molecule has 0 spiro atoms. The van der Waals surface area contributed by atoms with Gasteiger partial charge in [-0.05, 0) is 56.1 Å². The van der Waals surface area contributed by atoms with Crippen LogP contribution in [0.15, 0.2) is 42.5 Å². The first-order valence-corrected chi connectivity index (χ1v) is 8.83. The molecule has 1 aromatic heterocycles. The van der Waals surface area contributed by atoms with Gasteiger partial charge in [0.25, 0.3) is 0 Å². The summed E-state index contributed by atoms with van der Waals surface area (Å²) in [6.45, 7) is 2.87. The van der Waals surface area contributed by atoms with E-state index in [1.54, 1.807) is 0 Å². The molecule has 0 bridgehead atoms. The van der Waals surface area contributed by atoms with Gasteiger partial charge in [-0.2, -0.15) is 13.2 Å². The van der Waals surface area contributed by atoms with Crippen LogP contribution < -0.4 is 0 Å². The molecule has 2 heterocycles. The van der Waals surface area contributed by atoms with E-state index < -0.39 is 23.6 Å². The number of aryl methyl sites for hydroxylation is 1. The lowest BCUT2D eigenvalue weighted by molar-refractivity contribution is -0.144. The molecule has 1 aromatic carbocycles. The molecule has 0 radical (unpaired) electrons. The number of nitrogens with zero attached hydrogens (tertiary/aromatic N) is 2. The molecule has 2 aromatic rings. The third-order valence-electron chi connectivity index (χ3n) is 4.91. The van der Waals surface area contributed by atoms with Crippen LogP contribution in [0.25, 0.3) is 0 Å². The van der Waals surface area contributed by atoms with E-state index in [1.165, 1.54) is 12.1 Å². The Morgan fingerprint density at radius 3 is 2.52 bits per heavy atom. The van der Waals surface area contributed by atoms with E-state index in [0.717, 1.165) is 24.2 Å². The number of carboxylic acid groups (broad SMARTS) is 1. The van der Waals surface area contributed by atoms with Crippen molar-refractivity contribution in [3.63, 3.8) is 0 Å². The standard InChI is InChI=1S/C20H21F3N2O2/c1-13-4-2-6-17(24-13)18(25-11-3-5-15(12-25)19(26)27)14-7-9-16(10-8-14)20(21,22)23/h2,4,6-10,15,18H,3,5,11-12H2,1H3,(H,26,27). The lowest BCUT2D eigenvalue weighted by Gasteiger charge is -2.37. The van der Waals surface area contributed by atoms with Crippen molar-refractivity contribution in [3.05, 3.63) is 65.0 Å². The highest BCUT2D eigenvalue weighted by Gasteiger charge is 2.33. The minimum atomic E-state index is -4.39. The van der Waals surface area contributed by atoms with Crippen molar-refractivity contribution in [2.45, 2.75) is 32.0 Å². The number of aliphatic carboxylic acids is 1. The van der Waals surface area contributed by atoms with E-state index in [4.69, 9.17) is 0 Å². The minimum absolute atomic E-state index is 0.344. The second-order valence-electron chi connectivity index (χ2n) is 6.90. The summed E-state index contributed by atoms with van der Waals surface area (Å²) in [7, 11) is 0. The van der Waals surface area contributed by atoms with E-state index in [0.29, 0.717) is 30.8 Å². The van der Waals surface area contributed by atoms with Crippen LogP contribution in [0.4, 0.5) is 13.2 Å². The summed E-state index contributed by atoms with van der Waals surface area (Å²) in [5, 5.41) is 9.38. The maximum atomic E-state index is 12.9. The molecule has 144 valence electrons. The first kappa shape index (κ1) is 19.4. The highest BCUT2D eigenvalue weighted by Crippen LogP contribution is 2.34. The summed E-state index contributed by atoms with van der Waals surface area (Å²) in [5.41, 5.74) is 1.48. The van der Waals surface area contributed by atoms with Crippen molar-refractivity contribution in [1.29, 1.82) is 0 Å². The predicted octanol–water partition coefficient (Wildman–Crippen LogP) is 4.29. The number of pyridine rings is 1. The van der Waals surface area contributed by atoms with Gasteiger partial charge in [0.1, 0.15) is 0 Å². The van der Waals surface area contributed by atoms with Crippen LogP contribution in [0.3, 0.4) is 0 Å². The Kier molecular flexibility index (Phi) is 5.51. The SMILES string of the molecule is Cc1cccc(C(c2ccc(C(F)(F)F)cc2)N2CCCC(C(=O)O)C2)n1. The Hall–Kier alpha value is -2.41. The van der Waals surface area contributed by atoms with Gasteiger partial charge in [0.2, 0.25) is 0 Å². The number of aromatic nitrogens is 1. The van der Waals surface area contributed by atoms with Crippen LogP contribution in [-0.2, 0) is 11.0 Å². The van der Waals surface area contributed by atoms with Crippen molar-refractivity contribution in [3.8, 4) is 0 Å². The van der Waals surface area contributed by atoms with E-state index in [2.05, 4.69) is 4.98 Å². The Morgan fingerprint density at radius 2 is 1.93 bits per heavy atom. The zero-order valence-electron chi connectivity index (χ0n) is 14.9. The van der Waals surface area contributed by atoms with Gasteiger partial charge in [-0.25, -0.2) is 0 Å². The van der Waals surface area contributed by atoms with Crippen LogP contribution in [0.1, 0.15) is 41.4 Å². The normalized spacial score (nSPS) is 19.6. The zero-order chi connectivity index (χ0) is 19.6. The average molecular weight is 378 g/mol. The monoisotopic (exact) mass is 378 g/mol. The highest BCUT2D eigenvalue weighted by molar-refractivity contribution is 5.70. The van der Waals surface area contributed by atoms with Gasteiger partial charge in [0.15, 0.2) is 0 Å². The summed E-state index contributed by atoms with van der Waals surface area (Å²) in [5.74, 6) is -1.33. The number of carbonyl (C=O) groups is 1. The predicted molar refractivity (Wildman–Crippen MR) is 94.2 cm³/mol. The number of likely N-dealkylation sites (tertiary alicyclic amines) is 1. The quantitative estimate of drug-likeness (QED) is 0.862. The fourth-order valence-electron chi connectivity index (χ4n) is 3.58. The molecule has 1 aliphatic rings. The number of rotatable bonds is 4. The molecule has 27 heavy (non-hydrogen) atoms. The maximum absolute atomic E-state index is 12.9. The molecular weight excluding hydrogens is 357 g/mol. The minimum Gasteiger partial charge on any atom is -0.481 e. The van der Waals surface area contributed by atoms with Crippen molar-refractivity contribution in [1.82, 2.24) is 9.88 Å². The molecule has 7 heteroatoms. The molecule has 0 aliphatic carbocycles. The molecule has 4 nitrogen and oxygen atoms in total. The second-order valence-corrected chi connectivity index (χ2v) is 6.90. The number of alkyl halides is 3. The average Bonchev–Trinajstić information content (AvgIpc) is 2.62. The Morgan fingerprint density at radius 1 is 1.22 bits per heavy atom. The van der Waals surface area contributed by atoms with E-state index in [1.807, 2.05) is 30.0 Å². The van der Waals surface area contributed by atoms with Gasteiger partial charge in [0.05, 0.1) is 23.2 Å². The topological polar surface area (TPSA) is 53.4 Å². The number of halogens is 3. The van der Waals surface area contributed by atoms with Crippen LogP contribution in [0.5, 0.6) is 0 Å². The van der Waals surface area contributed by atoms with Gasteiger partial charge in [-0.15, -0.1) is 0 Å². The molecule has 0 amide bonds. The Bertz CT molecular complexity index is 806. The number of piperidine rings is 1. The van der Waals surface area contributed by atoms with E-state index >= 15 is 0 Å². The third kappa shape index (κ3) is 4.47.